The van der Waals surface area contributed by atoms with Crippen LogP contribution in [0.4, 0.5) is 0 Å². The van der Waals surface area contributed by atoms with Crippen molar-refractivity contribution in [3.8, 4) is 0 Å². The minimum absolute atomic E-state index is 0.199. The second-order valence-electron chi connectivity index (χ2n) is 4.61. The first-order chi connectivity index (χ1) is 7.63. The van der Waals surface area contributed by atoms with E-state index >= 15 is 0 Å². The van der Waals surface area contributed by atoms with Crippen molar-refractivity contribution in [1.29, 1.82) is 0 Å². The average Bonchev–Trinajstić information content (AvgIpc) is 2.31. The number of likely N-dealkylation sites (N-methyl/N-ethyl adjacent to an activating group) is 1. The Morgan fingerprint density at radius 3 is 2.50 bits per heavy atom. The lowest BCUT2D eigenvalue weighted by molar-refractivity contribution is -0.122. The van der Waals surface area contributed by atoms with E-state index < -0.39 is 0 Å². The number of rotatable bonds is 9. The van der Waals surface area contributed by atoms with Crippen LogP contribution in [0, 0.1) is 5.92 Å². The van der Waals surface area contributed by atoms with Crippen LogP contribution in [-0.4, -0.2) is 25.5 Å². The molecule has 0 aromatic carbocycles. The summed E-state index contributed by atoms with van der Waals surface area (Å²) in [6, 6.07) is 0.347. The molecule has 2 N–H and O–H groups in total. The molecule has 2 atom stereocenters. The Morgan fingerprint density at radius 1 is 1.31 bits per heavy atom. The maximum atomic E-state index is 11.7. The predicted octanol–water partition coefficient (Wildman–Crippen LogP) is 2.32. The molecule has 2 unspecified atom stereocenters. The van der Waals surface area contributed by atoms with Crippen molar-refractivity contribution < 1.29 is 4.79 Å². The monoisotopic (exact) mass is 228 g/mol. The van der Waals surface area contributed by atoms with Gasteiger partial charge in [-0.05, 0) is 26.3 Å². The Morgan fingerprint density at radius 2 is 2.00 bits per heavy atom. The average molecular weight is 228 g/mol. The van der Waals surface area contributed by atoms with Gasteiger partial charge in [0.1, 0.15) is 0 Å². The van der Waals surface area contributed by atoms with E-state index in [1.165, 1.54) is 19.3 Å². The van der Waals surface area contributed by atoms with Crippen LogP contribution in [0.5, 0.6) is 0 Å². The Bertz CT molecular complexity index is 183. The van der Waals surface area contributed by atoms with Crippen molar-refractivity contribution in [2.45, 2.75) is 58.9 Å². The summed E-state index contributed by atoms with van der Waals surface area (Å²) >= 11 is 0. The molecule has 0 rings (SSSR count). The molecule has 0 saturated carbocycles. The van der Waals surface area contributed by atoms with E-state index in [2.05, 4.69) is 31.4 Å². The first-order valence-electron chi connectivity index (χ1n) is 6.57. The van der Waals surface area contributed by atoms with Crippen molar-refractivity contribution in [1.82, 2.24) is 10.6 Å². The molecule has 0 aliphatic carbocycles. The highest BCUT2D eigenvalue weighted by Crippen LogP contribution is 2.16. The minimum atomic E-state index is 0.199. The van der Waals surface area contributed by atoms with Crippen LogP contribution >= 0.6 is 0 Å². The number of amides is 1. The number of hydrogen-bond donors (Lipinski definition) is 2. The van der Waals surface area contributed by atoms with Crippen LogP contribution in [0.25, 0.3) is 0 Å². The summed E-state index contributed by atoms with van der Waals surface area (Å²) in [5.41, 5.74) is 0. The van der Waals surface area contributed by atoms with Gasteiger partial charge in [-0.2, -0.15) is 0 Å². The van der Waals surface area contributed by atoms with Gasteiger partial charge in [-0.3, -0.25) is 4.79 Å². The van der Waals surface area contributed by atoms with Gasteiger partial charge in [0.2, 0.25) is 5.91 Å². The molecule has 0 aromatic heterocycles. The quantitative estimate of drug-likeness (QED) is 0.636. The van der Waals surface area contributed by atoms with E-state index in [0.29, 0.717) is 18.4 Å². The molecule has 96 valence electrons. The molecule has 1 amide bonds. The van der Waals surface area contributed by atoms with Crippen LogP contribution in [0.2, 0.25) is 0 Å². The van der Waals surface area contributed by atoms with Crippen molar-refractivity contribution in [3.05, 3.63) is 0 Å². The van der Waals surface area contributed by atoms with Gasteiger partial charge in [-0.1, -0.05) is 33.1 Å². The lowest BCUT2D eigenvalue weighted by atomic mass is 9.95. The molecule has 16 heavy (non-hydrogen) atoms. The summed E-state index contributed by atoms with van der Waals surface area (Å²) in [5.74, 6) is 0.759. The Hall–Kier alpha value is -0.570. The largest absolute Gasteiger partial charge is 0.355 e. The van der Waals surface area contributed by atoms with Crippen LogP contribution in [0.1, 0.15) is 52.9 Å². The zero-order chi connectivity index (χ0) is 12.4. The lowest BCUT2D eigenvalue weighted by Gasteiger charge is -2.16. The van der Waals surface area contributed by atoms with E-state index in [1.54, 1.807) is 0 Å². The van der Waals surface area contributed by atoms with Crippen molar-refractivity contribution in [2.24, 2.45) is 5.92 Å². The standard InChI is InChI=1S/C13H28N2O/c1-5-7-8-12(6-2)9-13(16)15-10-11(3)14-4/h11-12,14H,5-10H2,1-4H3,(H,15,16). The topological polar surface area (TPSA) is 41.1 Å². The predicted molar refractivity (Wildman–Crippen MR) is 69.5 cm³/mol. The minimum Gasteiger partial charge on any atom is -0.355 e. The molecule has 0 fully saturated rings. The van der Waals surface area contributed by atoms with Gasteiger partial charge in [0.25, 0.3) is 0 Å². The maximum absolute atomic E-state index is 11.7. The smallest absolute Gasteiger partial charge is 0.220 e. The van der Waals surface area contributed by atoms with Gasteiger partial charge in [-0.25, -0.2) is 0 Å². The molecule has 0 heterocycles. The third-order valence-corrected chi connectivity index (χ3v) is 3.12. The third-order valence-electron chi connectivity index (χ3n) is 3.12. The molecule has 0 radical (unpaired) electrons. The summed E-state index contributed by atoms with van der Waals surface area (Å²) in [7, 11) is 1.91. The molecule has 0 bridgehead atoms. The van der Waals surface area contributed by atoms with E-state index in [-0.39, 0.29) is 5.91 Å². The lowest BCUT2D eigenvalue weighted by Crippen LogP contribution is -2.37. The van der Waals surface area contributed by atoms with Gasteiger partial charge in [0.05, 0.1) is 0 Å². The molecule has 3 nitrogen and oxygen atoms in total. The summed E-state index contributed by atoms with van der Waals surface area (Å²) in [5, 5.41) is 6.08. The highest BCUT2D eigenvalue weighted by Gasteiger charge is 2.11. The first-order valence-corrected chi connectivity index (χ1v) is 6.57. The fourth-order valence-corrected chi connectivity index (χ4v) is 1.65. The van der Waals surface area contributed by atoms with Gasteiger partial charge in [-0.15, -0.1) is 0 Å². The Balaban J connectivity index is 3.73. The fraction of sp³-hybridized carbons (Fsp3) is 0.923. The summed E-state index contributed by atoms with van der Waals surface area (Å²) in [6.45, 7) is 7.15. The van der Waals surface area contributed by atoms with Crippen molar-refractivity contribution in [3.63, 3.8) is 0 Å². The Labute approximate surface area is 100 Å². The van der Waals surface area contributed by atoms with Crippen LogP contribution in [0.15, 0.2) is 0 Å². The first kappa shape index (κ1) is 15.4. The van der Waals surface area contributed by atoms with E-state index in [4.69, 9.17) is 0 Å². The number of hydrogen-bond acceptors (Lipinski definition) is 2. The normalized spacial score (nSPS) is 14.5. The van der Waals surface area contributed by atoms with Gasteiger partial charge in [0.15, 0.2) is 0 Å². The highest BCUT2D eigenvalue weighted by molar-refractivity contribution is 5.76. The number of unbranched alkanes of at least 4 members (excludes halogenated alkanes) is 1. The van der Waals surface area contributed by atoms with Crippen LogP contribution in [0.3, 0.4) is 0 Å². The third kappa shape index (κ3) is 7.69. The van der Waals surface area contributed by atoms with Crippen molar-refractivity contribution >= 4 is 5.91 Å². The van der Waals surface area contributed by atoms with Crippen LogP contribution in [-0.2, 0) is 4.79 Å². The fourth-order valence-electron chi connectivity index (χ4n) is 1.65. The van der Waals surface area contributed by atoms with Crippen molar-refractivity contribution in [2.75, 3.05) is 13.6 Å². The molecular weight excluding hydrogens is 200 g/mol. The Kier molecular flexibility index (Phi) is 9.30. The second-order valence-corrected chi connectivity index (χ2v) is 4.61. The molecule has 0 aromatic rings. The zero-order valence-electron chi connectivity index (χ0n) is 11.3. The molecule has 0 aliphatic rings. The van der Waals surface area contributed by atoms with Crippen LogP contribution < -0.4 is 10.6 Å². The molecule has 0 spiro atoms. The van der Waals surface area contributed by atoms with E-state index in [9.17, 15) is 4.79 Å². The molecule has 0 aliphatic heterocycles. The summed E-state index contributed by atoms with van der Waals surface area (Å²) in [6.07, 6.45) is 5.43. The second kappa shape index (κ2) is 9.64. The van der Waals surface area contributed by atoms with Gasteiger partial charge < -0.3 is 10.6 Å². The molecular formula is C13H28N2O. The van der Waals surface area contributed by atoms with Gasteiger partial charge >= 0.3 is 0 Å². The van der Waals surface area contributed by atoms with Gasteiger partial charge in [0, 0.05) is 19.0 Å². The molecule has 0 saturated heterocycles. The summed E-state index contributed by atoms with van der Waals surface area (Å²) < 4.78 is 0. The van der Waals surface area contributed by atoms with E-state index in [0.717, 1.165) is 13.0 Å². The zero-order valence-corrected chi connectivity index (χ0v) is 11.3. The molecule has 3 heteroatoms. The van der Waals surface area contributed by atoms with E-state index in [1.807, 2.05) is 7.05 Å². The number of nitrogens with one attached hydrogen (secondary N) is 2. The highest BCUT2D eigenvalue weighted by atomic mass is 16.1. The maximum Gasteiger partial charge on any atom is 0.220 e. The number of carbonyl (C=O) groups excluding carboxylic acids is 1. The summed E-state index contributed by atoms with van der Waals surface area (Å²) in [4.78, 5) is 11.7. The number of carbonyl (C=O) groups is 1. The SMILES string of the molecule is CCCCC(CC)CC(=O)NCC(C)NC.